The molecule has 0 aliphatic heterocycles. The fourth-order valence-corrected chi connectivity index (χ4v) is 1.30. The summed E-state index contributed by atoms with van der Waals surface area (Å²) in [6, 6.07) is 0. The number of carbonyl (C=O) groups excluding carboxylic acids is 1. The molecule has 0 heterocycles. The first-order valence-corrected chi connectivity index (χ1v) is 6.06. The van der Waals surface area contributed by atoms with Crippen LogP contribution in [-0.2, 0) is 4.79 Å². The smallest absolute Gasteiger partial charge is 0.129 e. The number of unbranched alkanes of at least 4 members (excludes halogenated alkanes) is 3. The van der Waals surface area contributed by atoms with Gasteiger partial charge in [0.15, 0.2) is 0 Å². The second kappa shape index (κ2) is 11.2. The molecule has 0 amide bonds. The lowest BCUT2D eigenvalue weighted by molar-refractivity contribution is -0.117. The summed E-state index contributed by atoms with van der Waals surface area (Å²) in [5.74, 6) is 0.294. The Balaban J connectivity index is 3.23. The molecule has 86 valence electrons. The van der Waals surface area contributed by atoms with Gasteiger partial charge in [0, 0.05) is 6.42 Å². The van der Waals surface area contributed by atoms with Gasteiger partial charge in [0.05, 0.1) is 0 Å². The fraction of sp³-hybridized carbons (Fsp3) is 0.643. The second-order valence-electron chi connectivity index (χ2n) is 3.91. The lowest BCUT2D eigenvalue weighted by Crippen LogP contribution is -1.87. The molecule has 0 unspecified atom stereocenters. The minimum absolute atomic E-state index is 0.294. The number of carbonyl (C=O) groups is 1. The van der Waals surface area contributed by atoms with E-state index in [0.29, 0.717) is 5.78 Å². The third-order valence-corrected chi connectivity index (χ3v) is 2.23. The van der Waals surface area contributed by atoms with E-state index in [0.717, 1.165) is 25.7 Å². The van der Waals surface area contributed by atoms with Crippen LogP contribution in [0, 0.1) is 0 Å². The molecule has 0 aromatic carbocycles. The van der Waals surface area contributed by atoms with Gasteiger partial charge in [-0.2, -0.15) is 0 Å². The Bertz CT molecular complexity index is 201. The van der Waals surface area contributed by atoms with E-state index in [2.05, 4.69) is 31.2 Å². The van der Waals surface area contributed by atoms with Crippen LogP contribution in [-0.4, -0.2) is 5.78 Å². The number of hydrogen-bond donors (Lipinski definition) is 0. The van der Waals surface area contributed by atoms with Crippen molar-refractivity contribution in [3.8, 4) is 0 Å². The molecule has 0 atom stereocenters. The average Bonchev–Trinajstić information content (AvgIpc) is 2.20. The van der Waals surface area contributed by atoms with E-state index < -0.39 is 0 Å². The Labute approximate surface area is 94.3 Å². The van der Waals surface area contributed by atoms with Crippen molar-refractivity contribution in [2.24, 2.45) is 0 Å². The number of rotatable bonds is 9. The van der Waals surface area contributed by atoms with E-state index in [-0.39, 0.29) is 0 Å². The first-order valence-electron chi connectivity index (χ1n) is 6.06. The molecule has 15 heavy (non-hydrogen) atoms. The van der Waals surface area contributed by atoms with E-state index in [1.165, 1.54) is 19.3 Å². The van der Waals surface area contributed by atoms with Crippen LogP contribution < -0.4 is 0 Å². The summed E-state index contributed by atoms with van der Waals surface area (Å²) in [5, 5.41) is 0. The third-order valence-electron chi connectivity index (χ3n) is 2.23. The average molecular weight is 208 g/mol. The Morgan fingerprint density at radius 3 is 2.13 bits per heavy atom. The Hall–Kier alpha value is -0.850. The highest BCUT2D eigenvalue weighted by molar-refractivity contribution is 5.75. The van der Waals surface area contributed by atoms with Crippen molar-refractivity contribution in [1.82, 2.24) is 0 Å². The predicted molar refractivity (Wildman–Crippen MR) is 67.0 cm³/mol. The molecule has 1 nitrogen and oxygen atoms in total. The van der Waals surface area contributed by atoms with Crippen molar-refractivity contribution in [3.05, 3.63) is 24.3 Å². The fourth-order valence-electron chi connectivity index (χ4n) is 1.30. The molecule has 0 saturated carbocycles. The van der Waals surface area contributed by atoms with Gasteiger partial charge in [-0.1, -0.05) is 44.1 Å². The van der Waals surface area contributed by atoms with Crippen LogP contribution in [0.1, 0.15) is 58.8 Å². The van der Waals surface area contributed by atoms with Crippen molar-refractivity contribution in [1.29, 1.82) is 0 Å². The normalized spacial score (nSPS) is 11.6. The highest BCUT2D eigenvalue weighted by atomic mass is 16.1. The Morgan fingerprint density at radius 1 is 1.00 bits per heavy atom. The summed E-state index contributed by atoms with van der Waals surface area (Å²) in [6.07, 6.45) is 16.4. The zero-order chi connectivity index (χ0) is 11.4. The first kappa shape index (κ1) is 14.2. The molecule has 0 aromatic heterocycles. The molecule has 0 bridgehead atoms. The predicted octanol–water partition coefficient (Wildman–Crippen LogP) is 4.44. The van der Waals surface area contributed by atoms with Crippen LogP contribution in [0.4, 0.5) is 0 Å². The minimum atomic E-state index is 0.294. The van der Waals surface area contributed by atoms with E-state index in [9.17, 15) is 4.79 Å². The zero-order valence-corrected chi connectivity index (χ0v) is 10.2. The number of ketones is 1. The summed E-state index contributed by atoms with van der Waals surface area (Å²) in [6.45, 7) is 3.86. The second-order valence-corrected chi connectivity index (χ2v) is 3.91. The molecule has 1 heteroatoms. The minimum Gasteiger partial charge on any atom is -0.300 e. The number of allylic oxidation sites excluding steroid dienone is 4. The van der Waals surface area contributed by atoms with Crippen molar-refractivity contribution in [2.75, 3.05) is 0 Å². The molecule has 0 N–H and O–H groups in total. The van der Waals surface area contributed by atoms with E-state index in [1.54, 1.807) is 6.92 Å². The third kappa shape index (κ3) is 13.2. The van der Waals surface area contributed by atoms with Crippen LogP contribution in [0.3, 0.4) is 0 Å². The molecule has 0 aromatic rings. The van der Waals surface area contributed by atoms with Crippen molar-refractivity contribution in [3.63, 3.8) is 0 Å². The van der Waals surface area contributed by atoms with E-state index in [4.69, 9.17) is 0 Å². The van der Waals surface area contributed by atoms with E-state index in [1.807, 2.05) is 0 Å². The van der Waals surface area contributed by atoms with Gasteiger partial charge in [0.1, 0.15) is 5.78 Å². The standard InChI is InChI=1S/C14H24O/c1-3-4-5-6-7-8-9-10-11-12-13-14(2)15/h6-7,9-10H,3-5,8,11-13H2,1-2H3/b7-6-,10-9-. The van der Waals surface area contributed by atoms with Gasteiger partial charge in [0.25, 0.3) is 0 Å². The first-order chi connectivity index (χ1) is 7.27. The van der Waals surface area contributed by atoms with Gasteiger partial charge in [0.2, 0.25) is 0 Å². The van der Waals surface area contributed by atoms with Gasteiger partial charge < -0.3 is 4.79 Å². The summed E-state index contributed by atoms with van der Waals surface area (Å²) < 4.78 is 0. The Morgan fingerprint density at radius 2 is 1.60 bits per heavy atom. The highest BCUT2D eigenvalue weighted by Gasteiger charge is 1.89. The maximum Gasteiger partial charge on any atom is 0.129 e. The monoisotopic (exact) mass is 208 g/mol. The summed E-state index contributed by atoms with van der Waals surface area (Å²) >= 11 is 0. The lowest BCUT2D eigenvalue weighted by atomic mass is 10.2. The largest absolute Gasteiger partial charge is 0.300 e. The van der Waals surface area contributed by atoms with Crippen molar-refractivity contribution >= 4 is 5.78 Å². The molecule has 0 spiro atoms. The maximum atomic E-state index is 10.6. The molecule has 0 aliphatic rings. The van der Waals surface area contributed by atoms with Crippen LogP contribution in [0.25, 0.3) is 0 Å². The Kier molecular flexibility index (Phi) is 10.6. The van der Waals surface area contributed by atoms with Crippen molar-refractivity contribution in [2.45, 2.75) is 58.8 Å². The highest BCUT2D eigenvalue weighted by Crippen LogP contribution is 2.00. The van der Waals surface area contributed by atoms with Crippen molar-refractivity contribution < 1.29 is 4.79 Å². The molecule has 0 saturated heterocycles. The van der Waals surface area contributed by atoms with Gasteiger partial charge >= 0.3 is 0 Å². The van der Waals surface area contributed by atoms with Crippen LogP contribution >= 0.6 is 0 Å². The summed E-state index contributed by atoms with van der Waals surface area (Å²) in [7, 11) is 0. The van der Waals surface area contributed by atoms with Gasteiger partial charge in [-0.05, 0) is 32.6 Å². The van der Waals surface area contributed by atoms with Gasteiger partial charge in [-0.3, -0.25) is 0 Å². The van der Waals surface area contributed by atoms with Crippen LogP contribution in [0.15, 0.2) is 24.3 Å². The maximum absolute atomic E-state index is 10.6. The van der Waals surface area contributed by atoms with Gasteiger partial charge in [-0.15, -0.1) is 0 Å². The summed E-state index contributed by atoms with van der Waals surface area (Å²) in [5.41, 5.74) is 0. The summed E-state index contributed by atoms with van der Waals surface area (Å²) in [4.78, 5) is 10.6. The quantitative estimate of drug-likeness (QED) is 0.404. The number of hydrogen-bond acceptors (Lipinski definition) is 1. The number of Topliss-reactive ketones (excluding diaryl/α,β-unsaturated/α-hetero) is 1. The zero-order valence-electron chi connectivity index (χ0n) is 10.2. The molecule has 0 rings (SSSR count). The lowest BCUT2D eigenvalue weighted by Gasteiger charge is -1.91. The van der Waals surface area contributed by atoms with Gasteiger partial charge in [-0.25, -0.2) is 0 Å². The molecule has 0 aliphatic carbocycles. The van der Waals surface area contributed by atoms with Crippen LogP contribution in [0.2, 0.25) is 0 Å². The molecular formula is C14H24O. The molecular weight excluding hydrogens is 184 g/mol. The molecule has 0 radical (unpaired) electrons. The SMILES string of the molecule is CCCC/C=C\C/C=C\CCCC(C)=O. The molecule has 0 fully saturated rings. The van der Waals surface area contributed by atoms with E-state index >= 15 is 0 Å². The van der Waals surface area contributed by atoms with Crippen LogP contribution in [0.5, 0.6) is 0 Å². The topological polar surface area (TPSA) is 17.1 Å².